The number of β-amino-alcohol motifs (C(OH)–C–C–N with tert-alkyl or cyclic N) is 1. The molecule has 2 nitrogen and oxygen atoms in total. The predicted octanol–water partition coefficient (Wildman–Crippen LogP) is 2.69. The van der Waals surface area contributed by atoms with Gasteiger partial charge in [-0.1, -0.05) is 26.0 Å². The van der Waals surface area contributed by atoms with Crippen LogP contribution in [0, 0.1) is 6.92 Å². The fraction of sp³-hybridized carbons (Fsp3) is 0.571. The minimum Gasteiger partial charge on any atom is -0.391 e. The van der Waals surface area contributed by atoms with Crippen molar-refractivity contribution >= 4 is 5.69 Å². The standard InChI is InChI=1S/C14H21NO/c1-10(2)12-5-4-11(3)14(8-12)15-7-6-13(16)9-15/h4-5,8,10,13,16H,6-7,9H2,1-3H3. The molecule has 0 bridgehead atoms. The number of hydrogen-bond donors (Lipinski definition) is 1. The van der Waals surface area contributed by atoms with Crippen molar-refractivity contribution in [2.24, 2.45) is 0 Å². The topological polar surface area (TPSA) is 23.5 Å². The van der Waals surface area contributed by atoms with E-state index >= 15 is 0 Å². The second-order valence-electron chi connectivity index (χ2n) is 5.09. The van der Waals surface area contributed by atoms with Crippen LogP contribution < -0.4 is 4.90 Å². The molecule has 16 heavy (non-hydrogen) atoms. The van der Waals surface area contributed by atoms with E-state index in [1.54, 1.807) is 0 Å². The number of anilines is 1. The highest BCUT2D eigenvalue weighted by atomic mass is 16.3. The molecule has 1 saturated heterocycles. The Balaban J connectivity index is 2.28. The maximum Gasteiger partial charge on any atom is 0.0731 e. The lowest BCUT2D eigenvalue weighted by Crippen LogP contribution is -2.22. The van der Waals surface area contributed by atoms with Gasteiger partial charge in [-0.05, 0) is 36.5 Å². The summed E-state index contributed by atoms with van der Waals surface area (Å²) in [6.45, 7) is 8.33. The molecule has 0 spiro atoms. The second kappa shape index (κ2) is 4.46. The van der Waals surface area contributed by atoms with Crippen molar-refractivity contribution < 1.29 is 5.11 Å². The van der Waals surface area contributed by atoms with Crippen molar-refractivity contribution in [3.63, 3.8) is 0 Å². The maximum atomic E-state index is 9.59. The number of rotatable bonds is 2. The summed E-state index contributed by atoms with van der Waals surface area (Å²) in [5.41, 5.74) is 3.98. The molecular formula is C14H21NO. The molecule has 0 radical (unpaired) electrons. The van der Waals surface area contributed by atoms with Crippen LogP contribution in [0.5, 0.6) is 0 Å². The molecule has 1 unspecified atom stereocenters. The zero-order chi connectivity index (χ0) is 11.7. The Morgan fingerprint density at radius 2 is 2.12 bits per heavy atom. The van der Waals surface area contributed by atoms with Gasteiger partial charge in [0.2, 0.25) is 0 Å². The number of aliphatic hydroxyl groups excluding tert-OH is 1. The van der Waals surface area contributed by atoms with E-state index in [0.29, 0.717) is 5.92 Å². The van der Waals surface area contributed by atoms with Crippen LogP contribution in [0.25, 0.3) is 0 Å². The molecule has 0 aromatic heterocycles. The van der Waals surface area contributed by atoms with Crippen LogP contribution in [0.3, 0.4) is 0 Å². The van der Waals surface area contributed by atoms with Crippen molar-refractivity contribution in [1.29, 1.82) is 0 Å². The van der Waals surface area contributed by atoms with Crippen LogP contribution in [-0.4, -0.2) is 24.3 Å². The zero-order valence-corrected chi connectivity index (χ0v) is 10.4. The highest BCUT2D eigenvalue weighted by molar-refractivity contribution is 5.56. The molecule has 0 saturated carbocycles. The Bertz CT molecular complexity index is 373. The van der Waals surface area contributed by atoms with Gasteiger partial charge in [0, 0.05) is 18.8 Å². The number of aliphatic hydroxyl groups is 1. The normalized spacial score (nSPS) is 20.8. The monoisotopic (exact) mass is 219 g/mol. The Kier molecular flexibility index (Phi) is 3.20. The Hall–Kier alpha value is -1.02. The largest absolute Gasteiger partial charge is 0.391 e. The van der Waals surface area contributed by atoms with Crippen molar-refractivity contribution in [2.75, 3.05) is 18.0 Å². The van der Waals surface area contributed by atoms with Gasteiger partial charge >= 0.3 is 0 Å². The predicted molar refractivity (Wildman–Crippen MR) is 68.1 cm³/mol. The van der Waals surface area contributed by atoms with Gasteiger partial charge < -0.3 is 10.0 Å². The summed E-state index contributed by atoms with van der Waals surface area (Å²) in [6.07, 6.45) is 0.743. The van der Waals surface area contributed by atoms with E-state index in [4.69, 9.17) is 0 Å². The number of hydrogen-bond acceptors (Lipinski definition) is 2. The Labute approximate surface area is 97.9 Å². The maximum absolute atomic E-state index is 9.59. The van der Waals surface area contributed by atoms with E-state index in [1.807, 2.05) is 0 Å². The van der Waals surface area contributed by atoms with E-state index < -0.39 is 0 Å². The van der Waals surface area contributed by atoms with E-state index in [2.05, 4.69) is 43.9 Å². The van der Waals surface area contributed by atoms with E-state index in [1.165, 1.54) is 16.8 Å². The van der Waals surface area contributed by atoms with Crippen LogP contribution in [0.2, 0.25) is 0 Å². The molecule has 1 atom stereocenters. The molecule has 0 aliphatic carbocycles. The van der Waals surface area contributed by atoms with Gasteiger partial charge in [0.25, 0.3) is 0 Å². The molecule has 1 aliphatic heterocycles. The number of nitrogens with zero attached hydrogens (tertiary/aromatic N) is 1. The number of benzene rings is 1. The third-order valence-electron chi connectivity index (χ3n) is 3.40. The van der Waals surface area contributed by atoms with Gasteiger partial charge in [0.05, 0.1) is 6.10 Å². The molecule has 1 N–H and O–H groups in total. The molecule has 2 heteroatoms. The van der Waals surface area contributed by atoms with E-state index in [0.717, 1.165) is 19.5 Å². The average Bonchev–Trinajstić information content (AvgIpc) is 2.65. The molecule has 1 fully saturated rings. The lowest BCUT2D eigenvalue weighted by atomic mass is 10.0. The summed E-state index contributed by atoms with van der Waals surface area (Å²) >= 11 is 0. The first-order chi connectivity index (χ1) is 7.58. The average molecular weight is 219 g/mol. The van der Waals surface area contributed by atoms with Gasteiger partial charge in [-0.3, -0.25) is 0 Å². The van der Waals surface area contributed by atoms with Gasteiger partial charge in [0.15, 0.2) is 0 Å². The molecular weight excluding hydrogens is 198 g/mol. The minimum atomic E-state index is -0.151. The molecule has 1 aromatic carbocycles. The zero-order valence-electron chi connectivity index (χ0n) is 10.4. The first kappa shape index (κ1) is 11.5. The fourth-order valence-electron chi connectivity index (χ4n) is 2.29. The highest BCUT2D eigenvalue weighted by Crippen LogP contribution is 2.28. The van der Waals surface area contributed by atoms with Gasteiger partial charge in [-0.25, -0.2) is 0 Å². The lowest BCUT2D eigenvalue weighted by molar-refractivity contribution is 0.198. The summed E-state index contributed by atoms with van der Waals surface area (Å²) in [4.78, 5) is 2.30. The molecule has 88 valence electrons. The van der Waals surface area contributed by atoms with Gasteiger partial charge in [0.1, 0.15) is 0 Å². The summed E-state index contributed by atoms with van der Waals surface area (Å²) in [5.74, 6) is 0.562. The summed E-state index contributed by atoms with van der Waals surface area (Å²) < 4.78 is 0. The minimum absolute atomic E-state index is 0.151. The summed E-state index contributed by atoms with van der Waals surface area (Å²) in [7, 11) is 0. The molecule has 2 rings (SSSR count). The van der Waals surface area contributed by atoms with Crippen LogP contribution in [0.4, 0.5) is 5.69 Å². The first-order valence-electron chi connectivity index (χ1n) is 6.11. The summed E-state index contributed by atoms with van der Waals surface area (Å²) in [5, 5.41) is 9.59. The quantitative estimate of drug-likeness (QED) is 0.826. The smallest absolute Gasteiger partial charge is 0.0731 e. The Morgan fingerprint density at radius 3 is 2.69 bits per heavy atom. The van der Waals surface area contributed by atoms with Crippen molar-refractivity contribution in [3.8, 4) is 0 Å². The third-order valence-corrected chi connectivity index (χ3v) is 3.40. The van der Waals surface area contributed by atoms with Crippen molar-refractivity contribution in [2.45, 2.75) is 39.2 Å². The summed E-state index contributed by atoms with van der Waals surface area (Å²) in [6, 6.07) is 6.67. The van der Waals surface area contributed by atoms with Crippen molar-refractivity contribution in [1.82, 2.24) is 0 Å². The Morgan fingerprint density at radius 1 is 1.38 bits per heavy atom. The molecule has 1 aliphatic rings. The molecule has 1 aromatic rings. The van der Waals surface area contributed by atoms with Crippen molar-refractivity contribution in [3.05, 3.63) is 29.3 Å². The van der Waals surface area contributed by atoms with Gasteiger partial charge in [-0.15, -0.1) is 0 Å². The highest BCUT2D eigenvalue weighted by Gasteiger charge is 2.21. The van der Waals surface area contributed by atoms with E-state index in [-0.39, 0.29) is 6.10 Å². The number of aryl methyl sites for hydroxylation is 1. The molecule has 0 amide bonds. The molecule has 1 heterocycles. The fourth-order valence-corrected chi connectivity index (χ4v) is 2.29. The SMILES string of the molecule is Cc1ccc(C(C)C)cc1N1CCC(O)C1. The van der Waals surface area contributed by atoms with Crippen LogP contribution in [-0.2, 0) is 0 Å². The second-order valence-corrected chi connectivity index (χ2v) is 5.09. The lowest BCUT2D eigenvalue weighted by Gasteiger charge is -2.22. The van der Waals surface area contributed by atoms with Gasteiger partial charge in [-0.2, -0.15) is 0 Å². The third kappa shape index (κ3) is 2.22. The van der Waals surface area contributed by atoms with Crippen LogP contribution in [0.15, 0.2) is 18.2 Å². The van der Waals surface area contributed by atoms with Crippen LogP contribution >= 0.6 is 0 Å². The van der Waals surface area contributed by atoms with E-state index in [9.17, 15) is 5.11 Å². The first-order valence-corrected chi connectivity index (χ1v) is 6.11. The van der Waals surface area contributed by atoms with Crippen LogP contribution in [0.1, 0.15) is 37.3 Å².